The van der Waals surface area contributed by atoms with E-state index in [1.54, 1.807) is 0 Å². The molecule has 1 aromatic heterocycles. The van der Waals surface area contributed by atoms with Crippen molar-refractivity contribution >= 4 is 11.1 Å². The molecule has 0 amide bonds. The normalized spacial score (nSPS) is 12.2. The van der Waals surface area contributed by atoms with Crippen molar-refractivity contribution in [2.75, 3.05) is 7.05 Å². The molecule has 0 atom stereocenters. The van der Waals surface area contributed by atoms with Gasteiger partial charge in [0.25, 0.3) is 0 Å². The van der Waals surface area contributed by atoms with Crippen LogP contribution < -0.4 is 5.32 Å². The Morgan fingerprint density at radius 1 is 1.31 bits per heavy atom. The van der Waals surface area contributed by atoms with Gasteiger partial charge >= 0.3 is 0 Å². The monoisotopic (exact) mass is 218 g/mol. The molecule has 1 aromatic carbocycles. The lowest BCUT2D eigenvalue weighted by molar-refractivity contribution is 0.511. The summed E-state index contributed by atoms with van der Waals surface area (Å²) in [6.07, 6.45) is 0. The van der Waals surface area contributed by atoms with E-state index < -0.39 is 0 Å². The second-order valence-corrected chi connectivity index (χ2v) is 5.07. The van der Waals surface area contributed by atoms with Crippen LogP contribution in [0.15, 0.2) is 22.6 Å². The summed E-state index contributed by atoms with van der Waals surface area (Å²) in [6, 6.07) is 6.22. The average Bonchev–Trinajstić information content (AvgIpc) is 2.57. The number of rotatable bonds is 2. The minimum Gasteiger partial charge on any atom is -0.439 e. The Bertz CT molecular complexity index is 494. The van der Waals surface area contributed by atoms with Crippen molar-refractivity contribution in [3.05, 3.63) is 29.7 Å². The Hall–Kier alpha value is -1.35. The smallest absolute Gasteiger partial charge is 0.209 e. The van der Waals surface area contributed by atoms with Crippen LogP contribution in [0.2, 0.25) is 0 Å². The standard InChI is InChI=1S/C13H18N2O/c1-13(2,3)9-5-6-11-10(7-9)15-12(16-11)8-14-4/h5-7,14H,8H2,1-4H3. The molecule has 2 rings (SSSR count). The van der Waals surface area contributed by atoms with Gasteiger partial charge in [0.2, 0.25) is 5.89 Å². The number of hydrogen-bond donors (Lipinski definition) is 1. The molecular weight excluding hydrogens is 200 g/mol. The van der Waals surface area contributed by atoms with Gasteiger partial charge in [-0.2, -0.15) is 0 Å². The average molecular weight is 218 g/mol. The summed E-state index contributed by atoms with van der Waals surface area (Å²) in [4.78, 5) is 4.45. The summed E-state index contributed by atoms with van der Waals surface area (Å²) < 4.78 is 5.60. The lowest BCUT2D eigenvalue weighted by atomic mass is 9.87. The quantitative estimate of drug-likeness (QED) is 0.842. The van der Waals surface area contributed by atoms with E-state index in [0.717, 1.165) is 17.0 Å². The molecule has 0 saturated heterocycles. The fourth-order valence-electron chi connectivity index (χ4n) is 1.67. The highest BCUT2D eigenvalue weighted by Gasteiger charge is 2.15. The minimum absolute atomic E-state index is 0.149. The van der Waals surface area contributed by atoms with Gasteiger partial charge in [-0.25, -0.2) is 4.98 Å². The van der Waals surface area contributed by atoms with E-state index in [0.29, 0.717) is 6.54 Å². The lowest BCUT2D eigenvalue weighted by Crippen LogP contribution is -2.10. The highest BCUT2D eigenvalue weighted by molar-refractivity contribution is 5.73. The van der Waals surface area contributed by atoms with Gasteiger partial charge in [0.15, 0.2) is 5.58 Å². The summed E-state index contributed by atoms with van der Waals surface area (Å²) >= 11 is 0. The maximum absolute atomic E-state index is 5.60. The number of nitrogens with zero attached hydrogens (tertiary/aromatic N) is 1. The van der Waals surface area contributed by atoms with E-state index in [-0.39, 0.29) is 5.41 Å². The molecule has 0 aliphatic rings. The van der Waals surface area contributed by atoms with Crippen molar-refractivity contribution in [3.63, 3.8) is 0 Å². The van der Waals surface area contributed by atoms with Gasteiger partial charge < -0.3 is 9.73 Å². The highest BCUT2D eigenvalue weighted by atomic mass is 16.3. The van der Waals surface area contributed by atoms with Crippen LogP contribution in [-0.2, 0) is 12.0 Å². The van der Waals surface area contributed by atoms with Crippen LogP contribution in [0.4, 0.5) is 0 Å². The van der Waals surface area contributed by atoms with E-state index in [1.165, 1.54) is 5.56 Å². The third kappa shape index (κ3) is 2.09. The van der Waals surface area contributed by atoms with Crippen LogP contribution in [-0.4, -0.2) is 12.0 Å². The van der Waals surface area contributed by atoms with Crippen LogP contribution in [0.1, 0.15) is 32.2 Å². The third-order valence-corrected chi connectivity index (χ3v) is 2.63. The van der Waals surface area contributed by atoms with Gasteiger partial charge in [0.1, 0.15) is 5.52 Å². The first-order valence-corrected chi connectivity index (χ1v) is 5.55. The maximum atomic E-state index is 5.60. The van der Waals surface area contributed by atoms with Crippen molar-refractivity contribution in [2.45, 2.75) is 32.7 Å². The molecule has 2 aromatic rings. The molecule has 0 saturated carbocycles. The largest absolute Gasteiger partial charge is 0.439 e. The lowest BCUT2D eigenvalue weighted by Gasteiger charge is -2.18. The summed E-state index contributed by atoms with van der Waals surface area (Å²) in [5, 5.41) is 3.03. The molecular formula is C13H18N2O. The van der Waals surface area contributed by atoms with Crippen LogP contribution in [0.25, 0.3) is 11.1 Å². The number of aromatic nitrogens is 1. The number of nitrogens with one attached hydrogen (secondary N) is 1. The Balaban J connectivity index is 2.46. The van der Waals surface area contributed by atoms with Gasteiger partial charge in [-0.05, 0) is 30.2 Å². The van der Waals surface area contributed by atoms with Crippen LogP contribution >= 0.6 is 0 Å². The Labute approximate surface area is 95.9 Å². The first-order valence-electron chi connectivity index (χ1n) is 5.55. The van der Waals surface area contributed by atoms with Crippen molar-refractivity contribution in [3.8, 4) is 0 Å². The molecule has 0 radical (unpaired) electrons. The molecule has 0 unspecified atom stereocenters. The highest BCUT2D eigenvalue weighted by Crippen LogP contribution is 2.26. The van der Waals surface area contributed by atoms with Crippen molar-refractivity contribution in [1.82, 2.24) is 10.3 Å². The number of fused-ring (bicyclic) bond motifs is 1. The summed E-state index contributed by atoms with van der Waals surface area (Å²) in [5.41, 5.74) is 3.23. The molecule has 16 heavy (non-hydrogen) atoms. The fourth-order valence-corrected chi connectivity index (χ4v) is 1.67. The van der Waals surface area contributed by atoms with E-state index in [4.69, 9.17) is 4.42 Å². The molecule has 86 valence electrons. The zero-order chi connectivity index (χ0) is 11.8. The second kappa shape index (κ2) is 3.91. The first-order chi connectivity index (χ1) is 7.50. The predicted molar refractivity (Wildman–Crippen MR) is 65.5 cm³/mol. The minimum atomic E-state index is 0.149. The predicted octanol–water partition coefficient (Wildman–Crippen LogP) is 2.84. The SMILES string of the molecule is CNCc1nc2cc(C(C)(C)C)ccc2o1. The van der Waals surface area contributed by atoms with Crippen molar-refractivity contribution in [2.24, 2.45) is 0 Å². The Morgan fingerprint density at radius 2 is 2.06 bits per heavy atom. The van der Waals surface area contributed by atoms with E-state index in [9.17, 15) is 0 Å². The van der Waals surface area contributed by atoms with Crippen LogP contribution in [0.5, 0.6) is 0 Å². The van der Waals surface area contributed by atoms with Crippen molar-refractivity contribution < 1.29 is 4.42 Å². The topological polar surface area (TPSA) is 38.1 Å². The number of benzene rings is 1. The van der Waals surface area contributed by atoms with Crippen LogP contribution in [0, 0.1) is 0 Å². The molecule has 0 bridgehead atoms. The first kappa shape index (κ1) is 11.1. The van der Waals surface area contributed by atoms with Gasteiger partial charge in [-0.3, -0.25) is 0 Å². The Morgan fingerprint density at radius 3 is 2.69 bits per heavy atom. The number of hydrogen-bond acceptors (Lipinski definition) is 3. The zero-order valence-corrected chi connectivity index (χ0v) is 10.3. The molecule has 0 fully saturated rings. The molecule has 1 heterocycles. The van der Waals surface area contributed by atoms with Gasteiger partial charge in [0, 0.05) is 0 Å². The van der Waals surface area contributed by atoms with Gasteiger partial charge in [-0.1, -0.05) is 26.8 Å². The molecule has 3 nitrogen and oxygen atoms in total. The summed E-state index contributed by atoms with van der Waals surface area (Å²) in [7, 11) is 1.88. The van der Waals surface area contributed by atoms with E-state index >= 15 is 0 Å². The Kier molecular flexibility index (Phi) is 2.72. The molecule has 0 spiro atoms. The van der Waals surface area contributed by atoms with Crippen molar-refractivity contribution in [1.29, 1.82) is 0 Å². The second-order valence-electron chi connectivity index (χ2n) is 5.07. The fraction of sp³-hybridized carbons (Fsp3) is 0.462. The molecule has 1 N–H and O–H groups in total. The summed E-state index contributed by atoms with van der Waals surface area (Å²) in [5.74, 6) is 0.739. The summed E-state index contributed by atoms with van der Waals surface area (Å²) in [6.45, 7) is 7.26. The maximum Gasteiger partial charge on any atom is 0.209 e. The molecule has 0 aliphatic carbocycles. The van der Waals surface area contributed by atoms with E-state index in [1.807, 2.05) is 13.1 Å². The molecule has 3 heteroatoms. The zero-order valence-electron chi connectivity index (χ0n) is 10.3. The van der Waals surface area contributed by atoms with Gasteiger partial charge in [-0.15, -0.1) is 0 Å². The number of oxazole rings is 1. The van der Waals surface area contributed by atoms with E-state index in [2.05, 4.69) is 43.2 Å². The third-order valence-electron chi connectivity index (χ3n) is 2.63. The van der Waals surface area contributed by atoms with Crippen LogP contribution in [0.3, 0.4) is 0 Å². The molecule has 0 aliphatic heterocycles. The van der Waals surface area contributed by atoms with Gasteiger partial charge in [0.05, 0.1) is 6.54 Å².